The van der Waals surface area contributed by atoms with E-state index in [0.717, 1.165) is 23.1 Å². The van der Waals surface area contributed by atoms with Crippen LogP contribution in [0.2, 0.25) is 0 Å². The largest absolute Gasteiger partial charge is 0.350 e. The first-order valence-corrected chi connectivity index (χ1v) is 8.62. The monoisotopic (exact) mass is 367 g/mol. The molecule has 0 saturated heterocycles. The fourth-order valence-corrected chi connectivity index (χ4v) is 2.77. The molecule has 0 aliphatic carbocycles. The van der Waals surface area contributed by atoms with Gasteiger partial charge in [0.2, 0.25) is 11.8 Å². The highest BCUT2D eigenvalue weighted by atomic mass is 32.1. The number of likely N-dealkylation sites (N-methyl/N-ethyl adjacent to an activating group) is 1. The van der Waals surface area contributed by atoms with Gasteiger partial charge in [0, 0.05) is 10.9 Å². The van der Waals surface area contributed by atoms with Crippen molar-refractivity contribution in [1.82, 2.24) is 10.2 Å². The summed E-state index contributed by atoms with van der Waals surface area (Å²) in [7, 11) is 0. The van der Waals surface area contributed by atoms with Gasteiger partial charge in [-0.1, -0.05) is 13.0 Å². The summed E-state index contributed by atoms with van der Waals surface area (Å²) in [5, 5.41) is 7.02. The first-order valence-electron chi connectivity index (χ1n) is 7.74. The lowest BCUT2D eigenvalue weighted by atomic mass is 10.3. The first-order chi connectivity index (χ1) is 12.0. The summed E-state index contributed by atoms with van der Waals surface area (Å²) in [6.45, 7) is 2.66. The van der Waals surface area contributed by atoms with Gasteiger partial charge in [0.15, 0.2) is 0 Å². The summed E-state index contributed by atoms with van der Waals surface area (Å²) in [5.74, 6) is -2.08. The van der Waals surface area contributed by atoms with Gasteiger partial charge in [0.05, 0.1) is 25.3 Å². The Morgan fingerprint density at radius 2 is 1.92 bits per heavy atom. The third-order valence-corrected chi connectivity index (χ3v) is 4.30. The van der Waals surface area contributed by atoms with Crippen molar-refractivity contribution in [3.05, 3.63) is 52.2 Å². The van der Waals surface area contributed by atoms with E-state index in [1.807, 2.05) is 24.4 Å². The highest BCUT2D eigenvalue weighted by molar-refractivity contribution is 7.09. The fraction of sp³-hybridized carbons (Fsp3) is 0.294. The van der Waals surface area contributed by atoms with E-state index in [1.54, 1.807) is 16.2 Å². The fourth-order valence-electron chi connectivity index (χ4n) is 2.12. The van der Waals surface area contributed by atoms with Crippen LogP contribution in [0.1, 0.15) is 11.8 Å². The second kappa shape index (κ2) is 9.24. The molecule has 2 rings (SSSR count). The van der Waals surface area contributed by atoms with Gasteiger partial charge >= 0.3 is 0 Å². The molecule has 0 atom stereocenters. The molecule has 1 aromatic heterocycles. The van der Waals surface area contributed by atoms with Gasteiger partial charge in [-0.3, -0.25) is 14.5 Å². The molecule has 0 bridgehead atoms. The topological polar surface area (TPSA) is 61.4 Å². The Balaban J connectivity index is 1.82. The molecule has 0 saturated carbocycles. The number of halogens is 2. The predicted octanol–water partition coefficient (Wildman–Crippen LogP) is 2.60. The van der Waals surface area contributed by atoms with Crippen LogP contribution in [0.15, 0.2) is 35.7 Å². The molecule has 0 spiro atoms. The molecule has 0 radical (unpaired) electrons. The lowest BCUT2D eigenvalue weighted by molar-refractivity contribution is -0.123. The molecule has 2 aromatic rings. The van der Waals surface area contributed by atoms with Crippen molar-refractivity contribution in [3.8, 4) is 0 Å². The van der Waals surface area contributed by atoms with E-state index in [0.29, 0.717) is 13.1 Å². The smallest absolute Gasteiger partial charge is 0.238 e. The molecule has 0 aliphatic heterocycles. The summed E-state index contributed by atoms with van der Waals surface area (Å²) in [6, 6.07) is 6.66. The van der Waals surface area contributed by atoms with Gasteiger partial charge in [-0.2, -0.15) is 0 Å². The van der Waals surface area contributed by atoms with Crippen molar-refractivity contribution >= 4 is 28.8 Å². The minimum atomic E-state index is -0.716. The van der Waals surface area contributed by atoms with Crippen LogP contribution >= 0.6 is 11.3 Å². The summed E-state index contributed by atoms with van der Waals surface area (Å²) < 4.78 is 26.7. The van der Waals surface area contributed by atoms with Gasteiger partial charge in [-0.25, -0.2) is 8.78 Å². The Hall–Kier alpha value is -2.32. The average Bonchev–Trinajstić information content (AvgIpc) is 3.09. The third-order valence-electron chi connectivity index (χ3n) is 3.42. The Labute approximate surface area is 148 Å². The number of thiophene rings is 1. The Morgan fingerprint density at radius 3 is 2.60 bits per heavy atom. The Bertz CT molecular complexity index is 723. The standard InChI is InChI=1S/C17H19F2N3O2S/c1-2-22(10-16(23)20-9-13-4-3-7-25-13)11-17(24)21-15-8-12(18)5-6-14(15)19/h3-8H,2,9-11H2,1H3,(H,20,23)(H,21,24). The number of hydrogen-bond donors (Lipinski definition) is 2. The third kappa shape index (κ3) is 6.24. The lowest BCUT2D eigenvalue weighted by Crippen LogP contribution is -2.40. The molecule has 0 unspecified atom stereocenters. The van der Waals surface area contributed by atoms with Crippen LogP contribution in [0.4, 0.5) is 14.5 Å². The summed E-state index contributed by atoms with van der Waals surface area (Å²) >= 11 is 1.55. The number of hydrogen-bond acceptors (Lipinski definition) is 4. The highest BCUT2D eigenvalue weighted by Gasteiger charge is 2.15. The van der Waals surface area contributed by atoms with Crippen molar-refractivity contribution in [2.24, 2.45) is 0 Å². The van der Waals surface area contributed by atoms with Crippen LogP contribution in [0.3, 0.4) is 0 Å². The molecule has 8 heteroatoms. The number of rotatable bonds is 8. The summed E-state index contributed by atoms with van der Waals surface area (Å²) in [4.78, 5) is 26.6. The normalized spacial score (nSPS) is 10.7. The van der Waals surface area contributed by atoms with Crippen LogP contribution in [-0.4, -0.2) is 36.3 Å². The quantitative estimate of drug-likeness (QED) is 0.754. The van der Waals surface area contributed by atoms with E-state index in [1.165, 1.54) is 0 Å². The SMILES string of the molecule is CCN(CC(=O)NCc1cccs1)CC(=O)Nc1cc(F)ccc1F. The zero-order chi connectivity index (χ0) is 18.2. The van der Waals surface area contributed by atoms with E-state index in [9.17, 15) is 18.4 Å². The molecule has 2 amide bonds. The van der Waals surface area contributed by atoms with Gasteiger partial charge in [0.1, 0.15) is 11.6 Å². The molecular formula is C17H19F2N3O2S. The molecule has 0 fully saturated rings. The zero-order valence-electron chi connectivity index (χ0n) is 13.7. The minimum Gasteiger partial charge on any atom is -0.350 e. The summed E-state index contributed by atoms with van der Waals surface area (Å²) in [6.07, 6.45) is 0. The van der Waals surface area contributed by atoms with Crippen LogP contribution in [0.5, 0.6) is 0 Å². The number of nitrogens with one attached hydrogen (secondary N) is 2. The van der Waals surface area contributed by atoms with E-state index >= 15 is 0 Å². The van der Waals surface area contributed by atoms with Gasteiger partial charge in [-0.15, -0.1) is 11.3 Å². The number of anilines is 1. The maximum absolute atomic E-state index is 13.5. The Morgan fingerprint density at radius 1 is 1.16 bits per heavy atom. The van der Waals surface area contributed by atoms with Gasteiger partial charge in [0.25, 0.3) is 0 Å². The Kier molecular flexibility index (Phi) is 7.03. The van der Waals surface area contributed by atoms with Gasteiger partial charge < -0.3 is 10.6 Å². The molecular weight excluding hydrogens is 348 g/mol. The van der Waals surface area contributed by atoms with Crippen LogP contribution in [0, 0.1) is 11.6 Å². The predicted molar refractivity (Wildman–Crippen MR) is 93.3 cm³/mol. The van der Waals surface area contributed by atoms with Crippen LogP contribution in [0.25, 0.3) is 0 Å². The number of nitrogens with zero attached hydrogens (tertiary/aromatic N) is 1. The molecule has 1 aromatic carbocycles. The van der Waals surface area contributed by atoms with Crippen molar-refractivity contribution < 1.29 is 18.4 Å². The second-order valence-electron chi connectivity index (χ2n) is 5.33. The van der Waals surface area contributed by atoms with E-state index in [2.05, 4.69) is 10.6 Å². The first kappa shape index (κ1) is 19.0. The van der Waals surface area contributed by atoms with Gasteiger partial charge in [-0.05, 0) is 30.1 Å². The van der Waals surface area contributed by atoms with Crippen LogP contribution in [-0.2, 0) is 16.1 Å². The van der Waals surface area contributed by atoms with Crippen molar-refractivity contribution in [3.63, 3.8) is 0 Å². The second-order valence-corrected chi connectivity index (χ2v) is 6.36. The zero-order valence-corrected chi connectivity index (χ0v) is 14.5. The maximum Gasteiger partial charge on any atom is 0.238 e. The number of amides is 2. The number of benzene rings is 1. The molecule has 5 nitrogen and oxygen atoms in total. The van der Waals surface area contributed by atoms with E-state index < -0.39 is 17.5 Å². The van der Waals surface area contributed by atoms with Crippen molar-refractivity contribution in [2.75, 3.05) is 25.0 Å². The molecule has 2 N–H and O–H groups in total. The molecule has 0 aliphatic rings. The number of carbonyl (C=O) groups is 2. The lowest BCUT2D eigenvalue weighted by Gasteiger charge is -2.19. The van der Waals surface area contributed by atoms with E-state index in [-0.39, 0.29) is 24.7 Å². The highest BCUT2D eigenvalue weighted by Crippen LogP contribution is 2.15. The minimum absolute atomic E-state index is 0.0426. The average molecular weight is 367 g/mol. The maximum atomic E-state index is 13.5. The molecule has 1 heterocycles. The molecule has 134 valence electrons. The number of carbonyl (C=O) groups excluding carboxylic acids is 2. The summed E-state index contributed by atoms with van der Waals surface area (Å²) in [5.41, 5.74) is -0.219. The molecule has 25 heavy (non-hydrogen) atoms. The van der Waals surface area contributed by atoms with Crippen LogP contribution < -0.4 is 10.6 Å². The van der Waals surface area contributed by atoms with Crippen molar-refractivity contribution in [2.45, 2.75) is 13.5 Å². The van der Waals surface area contributed by atoms with E-state index in [4.69, 9.17) is 0 Å². The van der Waals surface area contributed by atoms with Crippen molar-refractivity contribution in [1.29, 1.82) is 0 Å².